The normalized spacial score (nSPS) is 16.1. The molecular formula is C30H52N2O3. The van der Waals surface area contributed by atoms with Crippen molar-refractivity contribution in [3.63, 3.8) is 0 Å². The highest BCUT2D eigenvalue weighted by Gasteiger charge is 2.32. The highest BCUT2D eigenvalue weighted by molar-refractivity contribution is 5.86. The lowest BCUT2D eigenvalue weighted by Gasteiger charge is -2.35. The van der Waals surface area contributed by atoms with Gasteiger partial charge in [0.15, 0.2) is 11.6 Å². The topological polar surface area (TPSA) is 49.9 Å². The number of benzene rings is 1. The number of Topliss-reactive ketones (excluding diaryl/α,β-unsaturated/α-hetero) is 2. The zero-order valence-corrected chi connectivity index (χ0v) is 24.3. The molecule has 1 rings (SSSR count). The molecule has 0 aromatic heterocycles. The molecule has 0 spiro atoms. The Morgan fingerprint density at radius 2 is 1.40 bits per heavy atom. The summed E-state index contributed by atoms with van der Waals surface area (Å²) in [7, 11) is 4.06. The Kier molecular flexibility index (Phi) is 12.8. The summed E-state index contributed by atoms with van der Waals surface area (Å²) in [6.45, 7) is 18.8. The molecule has 0 N–H and O–H groups in total. The van der Waals surface area contributed by atoms with Gasteiger partial charge < -0.3 is 4.74 Å². The predicted octanol–water partition coefficient (Wildman–Crippen LogP) is 5.65. The van der Waals surface area contributed by atoms with Crippen molar-refractivity contribution in [2.24, 2.45) is 11.8 Å². The monoisotopic (exact) mass is 488 g/mol. The maximum Gasteiger partial charge on any atom is 0.155 e. The molecular weight excluding hydrogens is 436 g/mol. The molecule has 0 amide bonds. The summed E-state index contributed by atoms with van der Waals surface area (Å²) in [5, 5.41) is 0. The van der Waals surface area contributed by atoms with Crippen LogP contribution in [0.4, 0.5) is 0 Å². The molecule has 1 aromatic carbocycles. The predicted molar refractivity (Wildman–Crippen MR) is 147 cm³/mol. The summed E-state index contributed by atoms with van der Waals surface area (Å²) in [6.07, 6.45) is 2.35. The average molecular weight is 489 g/mol. The molecule has 0 saturated carbocycles. The molecule has 4 atom stereocenters. The van der Waals surface area contributed by atoms with Crippen LogP contribution in [0.5, 0.6) is 0 Å². The number of hydrogen-bond acceptors (Lipinski definition) is 5. The van der Waals surface area contributed by atoms with Gasteiger partial charge in [-0.1, -0.05) is 51.1 Å². The van der Waals surface area contributed by atoms with Crippen molar-refractivity contribution in [2.45, 2.75) is 111 Å². The first-order valence-electron chi connectivity index (χ1n) is 13.3. The molecule has 0 saturated heterocycles. The van der Waals surface area contributed by atoms with Gasteiger partial charge in [-0.3, -0.25) is 19.4 Å². The van der Waals surface area contributed by atoms with E-state index >= 15 is 0 Å². The Morgan fingerprint density at radius 3 is 1.89 bits per heavy atom. The summed E-state index contributed by atoms with van der Waals surface area (Å²) in [4.78, 5) is 30.9. The largest absolute Gasteiger partial charge is 0.374 e. The molecule has 0 bridgehead atoms. The van der Waals surface area contributed by atoms with Crippen molar-refractivity contribution in [3.8, 4) is 0 Å². The number of hydrogen-bond donors (Lipinski definition) is 0. The number of carbonyl (C=O) groups is 2. The van der Waals surface area contributed by atoms with Gasteiger partial charge in [0.25, 0.3) is 0 Å². The zero-order chi connectivity index (χ0) is 26.9. The molecule has 5 nitrogen and oxygen atoms in total. The van der Waals surface area contributed by atoms with Gasteiger partial charge in [0.05, 0.1) is 24.3 Å². The van der Waals surface area contributed by atoms with Crippen LogP contribution in [-0.2, 0) is 20.7 Å². The molecule has 1 aromatic rings. The molecule has 5 heteroatoms. The van der Waals surface area contributed by atoms with E-state index in [-0.39, 0.29) is 53.2 Å². The molecule has 200 valence electrons. The lowest BCUT2D eigenvalue weighted by Crippen LogP contribution is -2.49. The van der Waals surface area contributed by atoms with Crippen molar-refractivity contribution in [1.29, 1.82) is 0 Å². The highest BCUT2D eigenvalue weighted by atomic mass is 16.5. The second-order valence-corrected chi connectivity index (χ2v) is 11.9. The minimum absolute atomic E-state index is 0.0194. The first-order chi connectivity index (χ1) is 16.2. The minimum atomic E-state index is -0.284. The van der Waals surface area contributed by atoms with E-state index in [0.717, 1.165) is 12.8 Å². The summed E-state index contributed by atoms with van der Waals surface area (Å²) in [6, 6.07) is 10.2. The van der Waals surface area contributed by atoms with Gasteiger partial charge in [-0.15, -0.1) is 0 Å². The van der Waals surface area contributed by atoms with Crippen LogP contribution in [0.3, 0.4) is 0 Å². The molecule has 0 heterocycles. The van der Waals surface area contributed by atoms with Crippen LogP contribution in [0.2, 0.25) is 0 Å². The van der Waals surface area contributed by atoms with Gasteiger partial charge in [-0.05, 0) is 80.5 Å². The quantitative estimate of drug-likeness (QED) is 0.319. The second kappa shape index (κ2) is 14.2. The maximum atomic E-state index is 13.5. The Morgan fingerprint density at radius 1 is 0.829 bits per heavy atom. The van der Waals surface area contributed by atoms with Crippen molar-refractivity contribution >= 4 is 11.6 Å². The molecule has 0 fully saturated rings. The van der Waals surface area contributed by atoms with Gasteiger partial charge in [-0.2, -0.15) is 0 Å². The van der Waals surface area contributed by atoms with Crippen molar-refractivity contribution in [2.75, 3.05) is 20.7 Å². The molecule has 0 aliphatic heterocycles. The molecule has 0 radical (unpaired) electrons. The average Bonchev–Trinajstić information content (AvgIpc) is 2.79. The summed E-state index contributed by atoms with van der Waals surface area (Å²) >= 11 is 0. The maximum absolute atomic E-state index is 13.5. The van der Waals surface area contributed by atoms with Crippen LogP contribution in [0.25, 0.3) is 0 Å². The van der Waals surface area contributed by atoms with E-state index in [1.165, 1.54) is 5.56 Å². The number of nitrogens with zero attached hydrogens (tertiary/aromatic N) is 2. The van der Waals surface area contributed by atoms with E-state index < -0.39 is 0 Å². The van der Waals surface area contributed by atoms with Crippen molar-refractivity contribution < 1.29 is 14.3 Å². The Bertz CT molecular complexity index is 770. The van der Waals surface area contributed by atoms with Crippen molar-refractivity contribution in [3.05, 3.63) is 35.9 Å². The molecule has 0 aliphatic rings. The first-order valence-corrected chi connectivity index (χ1v) is 13.3. The Balaban J connectivity index is 2.87. The van der Waals surface area contributed by atoms with E-state index in [9.17, 15) is 9.59 Å². The zero-order valence-electron chi connectivity index (χ0n) is 24.3. The number of ketones is 2. The lowest BCUT2D eigenvalue weighted by molar-refractivity contribution is -0.133. The standard InChI is InChI=1S/C30H52N2O3/c1-21(2)28(33)26(19-25-15-13-12-14-16-25)32(11)24(6)18-17-23(5)29(34)27(31(10)22(3)4)20-35-30(7,8)9/h12-16,21-24,26-27H,17-20H2,1-11H3/t23?,24?,26-,27+/m1/s1. The summed E-state index contributed by atoms with van der Waals surface area (Å²) in [5.41, 5.74) is 0.889. The third kappa shape index (κ3) is 10.5. The molecule has 2 unspecified atom stereocenters. The second-order valence-electron chi connectivity index (χ2n) is 11.9. The van der Waals surface area contributed by atoms with Gasteiger partial charge in [-0.25, -0.2) is 0 Å². The lowest BCUT2D eigenvalue weighted by atomic mass is 9.90. The van der Waals surface area contributed by atoms with Gasteiger partial charge >= 0.3 is 0 Å². The highest BCUT2D eigenvalue weighted by Crippen LogP contribution is 2.22. The van der Waals surface area contributed by atoms with E-state index in [2.05, 4.69) is 49.8 Å². The Hall–Kier alpha value is -1.56. The number of likely N-dealkylation sites (N-methyl/N-ethyl adjacent to an activating group) is 2. The third-order valence-corrected chi connectivity index (χ3v) is 7.17. The third-order valence-electron chi connectivity index (χ3n) is 7.17. The van der Waals surface area contributed by atoms with Gasteiger partial charge in [0, 0.05) is 23.9 Å². The Labute approximate surface area is 215 Å². The molecule has 0 aliphatic carbocycles. The SMILES string of the molecule is CC(C)C(=O)[C@@H](Cc1ccccc1)N(C)C(C)CCC(C)C(=O)[C@H](COC(C)(C)C)N(C)C(C)C. The summed E-state index contributed by atoms with van der Waals surface area (Å²) in [5.74, 6) is 0.410. The fourth-order valence-corrected chi connectivity index (χ4v) is 4.23. The number of ether oxygens (including phenoxy) is 1. The van der Waals surface area contributed by atoms with E-state index in [4.69, 9.17) is 4.74 Å². The van der Waals surface area contributed by atoms with Gasteiger partial charge in [0.2, 0.25) is 0 Å². The van der Waals surface area contributed by atoms with E-state index in [1.54, 1.807) is 0 Å². The van der Waals surface area contributed by atoms with E-state index in [0.29, 0.717) is 13.0 Å². The van der Waals surface area contributed by atoms with Crippen LogP contribution in [0.15, 0.2) is 30.3 Å². The van der Waals surface area contributed by atoms with Crippen LogP contribution in [0, 0.1) is 11.8 Å². The number of rotatable bonds is 15. The van der Waals surface area contributed by atoms with Crippen LogP contribution in [-0.4, -0.2) is 71.8 Å². The molecule has 35 heavy (non-hydrogen) atoms. The minimum Gasteiger partial charge on any atom is -0.374 e. The first kappa shape index (κ1) is 31.5. The fourth-order valence-electron chi connectivity index (χ4n) is 4.23. The van der Waals surface area contributed by atoms with Crippen molar-refractivity contribution in [1.82, 2.24) is 9.80 Å². The van der Waals surface area contributed by atoms with E-state index in [1.807, 2.05) is 66.8 Å². The fraction of sp³-hybridized carbons (Fsp3) is 0.733. The van der Waals surface area contributed by atoms with Crippen LogP contribution in [0.1, 0.15) is 80.7 Å². The number of carbonyl (C=O) groups excluding carboxylic acids is 2. The smallest absolute Gasteiger partial charge is 0.155 e. The summed E-state index contributed by atoms with van der Waals surface area (Å²) < 4.78 is 6.03. The van der Waals surface area contributed by atoms with Gasteiger partial charge in [0.1, 0.15) is 0 Å². The van der Waals surface area contributed by atoms with Crippen LogP contribution < -0.4 is 0 Å². The van der Waals surface area contributed by atoms with Crippen LogP contribution >= 0.6 is 0 Å².